The second kappa shape index (κ2) is 6.49. The van der Waals surface area contributed by atoms with Crippen LogP contribution < -0.4 is 15.4 Å². The number of hydrogen-bond donors (Lipinski definition) is 2. The van der Waals surface area contributed by atoms with Crippen LogP contribution in [0.3, 0.4) is 0 Å². The lowest BCUT2D eigenvalue weighted by Crippen LogP contribution is -2.56. The molecule has 0 aromatic heterocycles. The molecule has 128 valence electrons. The van der Waals surface area contributed by atoms with E-state index in [0.29, 0.717) is 41.7 Å². The number of ether oxygens (including phenoxy) is 1. The normalized spacial score (nSPS) is 19.2. The Hall–Kier alpha value is -1.99. The lowest BCUT2D eigenvalue weighted by molar-refractivity contribution is -0.137. The molecule has 2 N–H and O–H groups in total. The number of carbonyl (C=O) groups is 3. The summed E-state index contributed by atoms with van der Waals surface area (Å²) in [7, 11) is 0. The summed E-state index contributed by atoms with van der Waals surface area (Å²) in [6.45, 7) is 0.571. The molecular weight excluding hydrogens is 357 g/mol. The first kappa shape index (κ1) is 16.9. The number of rotatable bonds is 3. The number of nitrogens with one attached hydrogen (secondary N) is 2. The van der Waals surface area contributed by atoms with E-state index in [1.807, 2.05) is 0 Å². The van der Waals surface area contributed by atoms with Crippen molar-refractivity contribution in [1.29, 1.82) is 0 Å². The Labute approximate surface area is 148 Å². The molecule has 1 aromatic carbocycles. The molecule has 0 radical (unpaired) electrons. The van der Waals surface area contributed by atoms with Gasteiger partial charge in [-0.05, 0) is 31.0 Å². The van der Waals surface area contributed by atoms with Gasteiger partial charge in [0.2, 0.25) is 0 Å². The van der Waals surface area contributed by atoms with Crippen LogP contribution in [0, 0.1) is 0 Å². The largest absolute Gasteiger partial charge is 0.482 e. The third kappa shape index (κ3) is 3.27. The van der Waals surface area contributed by atoms with Gasteiger partial charge in [0, 0.05) is 18.1 Å². The quantitative estimate of drug-likeness (QED) is 0.789. The lowest BCUT2D eigenvalue weighted by Gasteiger charge is -2.36. The topological polar surface area (TPSA) is 87.7 Å². The number of amides is 4. The van der Waals surface area contributed by atoms with Crippen LogP contribution >= 0.6 is 23.2 Å². The molecule has 3 rings (SSSR count). The van der Waals surface area contributed by atoms with Crippen LogP contribution in [0.25, 0.3) is 0 Å². The van der Waals surface area contributed by atoms with E-state index in [0.717, 1.165) is 0 Å². The Morgan fingerprint density at radius 2 is 1.96 bits per heavy atom. The SMILES string of the molecule is O=C1NC(=O)C2(CCN(C(=O)COc3ccc(Cl)cc3Cl)CC2)N1. The highest BCUT2D eigenvalue weighted by Gasteiger charge is 2.48. The summed E-state index contributed by atoms with van der Waals surface area (Å²) in [5.74, 6) is -0.158. The monoisotopic (exact) mass is 371 g/mol. The van der Waals surface area contributed by atoms with Gasteiger partial charge >= 0.3 is 6.03 Å². The first-order valence-electron chi connectivity index (χ1n) is 7.39. The first-order valence-corrected chi connectivity index (χ1v) is 8.14. The van der Waals surface area contributed by atoms with Gasteiger partial charge in [-0.15, -0.1) is 0 Å². The van der Waals surface area contributed by atoms with Gasteiger partial charge in [0.25, 0.3) is 11.8 Å². The molecule has 2 aliphatic heterocycles. The first-order chi connectivity index (χ1) is 11.4. The van der Waals surface area contributed by atoms with Crippen molar-refractivity contribution in [1.82, 2.24) is 15.5 Å². The molecular formula is C15H15Cl2N3O4. The fourth-order valence-electron chi connectivity index (χ4n) is 2.84. The summed E-state index contributed by atoms with van der Waals surface area (Å²) in [6, 6.07) is 4.27. The smallest absolute Gasteiger partial charge is 0.322 e. The van der Waals surface area contributed by atoms with E-state index in [9.17, 15) is 14.4 Å². The van der Waals surface area contributed by atoms with Crippen molar-refractivity contribution in [3.05, 3.63) is 28.2 Å². The molecule has 0 saturated carbocycles. The molecule has 4 amide bonds. The van der Waals surface area contributed by atoms with Gasteiger partial charge in [-0.2, -0.15) is 0 Å². The van der Waals surface area contributed by atoms with Crippen molar-refractivity contribution in [2.75, 3.05) is 19.7 Å². The molecule has 9 heteroatoms. The number of benzene rings is 1. The van der Waals surface area contributed by atoms with Crippen LogP contribution in [0.4, 0.5) is 4.79 Å². The lowest BCUT2D eigenvalue weighted by atomic mass is 9.88. The minimum Gasteiger partial charge on any atom is -0.482 e. The Bertz CT molecular complexity index is 702. The molecule has 0 unspecified atom stereocenters. The maximum absolute atomic E-state index is 12.2. The van der Waals surface area contributed by atoms with Crippen LogP contribution in [0.15, 0.2) is 18.2 Å². The summed E-state index contributed by atoms with van der Waals surface area (Å²) >= 11 is 11.8. The van der Waals surface area contributed by atoms with E-state index in [2.05, 4.69) is 10.6 Å². The predicted molar refractivity (Wildman–Crippen MR) is 87.2 cm³/mol. The van der Waals surface area contributed by atoms with Crippen LogP contribution in [0.1, 0.15) is 12.8 Å². The number of halogens is 2. The van der Waals surface area contributed by atoms with Gasteiger partial charge in [0.1, 0.15) is 11.3 Å². The molecule has 0 atom stereocenters. The molecule has 24 heavy (non-hydrogen) atoms. The van der Waals surface area contributed by atoms with E-state index in [1.54, 1.807) is 17.0 Å². The fourth-order valence-corrected chi connectivity index (χ4v) is 3.30. The molecule has 1 spiro atoms. The Kier molecular flexibility index (Phi) is 4.56. The third-order valence-electron chi connectivity index (χ3n) is 4.23. The predicted octanol–water partition coefficient (Wildman–Crippen LogP) is 1.57. The zero-order chi connectivity index (χ0) is 17.3. The zero-order valence-electron chi connectivity index (χ0n) is 12.6. The average Bonchev–Trinajstić information content (AvgIpc) is 2.80. The highest BCUT2D eigenvalue weighted by Crippen LogP contribution is 2.28. The number of hydrogen-bond acceptors (Lipinski definition) is 4. The van der Waals surface area contributed by atoms with E-state index >= 15 is 0 Å². The number of piperidine rings is 1. The number of carbonyl (C=O) groups excluding carboxylic acids is 3. The number of urea groups is 1. The summed E-state index contributed by atoms with van der Waals surface area (Å²) in [5.41, 5.74) is -0.895. The molecule has 0 bridgehead atoms. The zero-order valence-corrected chi connectivity index (χ0v) is 14.1. The number of nitrogens with zero attached hydrogens (tertiary/aromatic N) is 1. The molecule has 0 aliphatic carbocycles. The Morgan fingerprint density at radius 3 is 2.54 bits per heavy atom. The fraction of sp³-hybridized carbons (Fsp3) is 0.400. The number of likely N-dealkylation sites (tertiary alicyclic amines) is 1. The van der Waals surface area contributed by atoms with Gasteiger partial charge in [-0.3, -0.25) is 14.9 Å². The van der Waals surface area contributed by atoms with Crippen molar-refractivity contribution in [3.8, 4) is 5.75 Å². The van der Waals surface area contributed by atoms with Crippen molar-refractivity contribution in [2.24, 2.45) is 0 Å². The van der Waals surface area contributed by atoms with Gasteiger partial charge in [0.15, 0.2) is 6.61 Å². The minimum atomic E-state index is -0.895. The van der Waals surface area contributed by atoms with Crippen LogP contribution in [-0.4, -0.2) is 48.0 Å². The molecule has 7 nitrogen and oxygen atoms in total. The van der Waals surface area contributed by atoms with Crippen LogP contribution in [0.2, 0.25) is 10.0 Å². The van der Waals surface area contributed by atoms with E-state index in [4.69, 9.17) is 27.9 Å². The second-order valence-corrected chi connectivity index (χ2v) is 6.58. The molecule has 2 fully saturated rings. The standard InChI is InChI=1S/C15H15Cl2N3O4/c16-9-1-2-11(10(17)7-9)24-8-12(21)20-5-3-15(4-6-20)13(22)18-14(23)19-15/h1-2,7H,3-6,8H2,(H2,18,19,22,23). The average molecular weight is 372 g/mol. The summed E-state index contributed by atoms with van der Waals surface area (Å²) in [6.07, 6.45) is 0.746. The summed E-state index contributed by atoms with van der Waals surface area (Å²) in [5, 5.41) is 5.70. The highest BCUT2D eigenvalue weighted by molar-refractivity contribution is 6.35. The maximum Gasteiger partial charge on any atom is 0.322 e. The van der Waals surface area contributed by atoms with Crippen LogP contribution in [-0.2, 0) is 9.59 Å². The van der Waals surface area contributed by atoms with Crippen molar-refractivity contribution < 1.29 is 19.1 Å². The van der Waals surface area contributed by atoms with Crippen molar-refractivity contribution >= 4 is 41.0 Å². The maximum atomic E-state index is 12.2. The van der Waals surface area contributed by atoms with Crippen LogP contribution in [0.5, 0.6) is 5.75 Å². The molecule has 2 saturated heterocycles. The minimum absolute atomic E-state index is 0.160. The summed E-state index contributed by atoms with van der Waals surface area (Å²) in [4.78, 5) is 37.0. The molecule has 2 aliphatic rings. The molecule has 2 heterocycles. The van der Waals surface area contributed by atoms with Gasteiger partial charge in [0.05, 0.1) is 5.02 Å². The highest BCUT2D eigenvalue weighted by atomic mass is 35.5. The van der Waals surface area contributed by atoms with Gasteiger partial charge in [-0.1, -0.05) is 23.2 Å². The third-order valence-corrected chi connectivity index (χ3v) is 4.76. The van der Waals surface area contributed by atoms with Gasteiger partial charge in [-0.25, -0.2) is 4.79 Å². The second-order valence-electron chi connectivity index (χ2n) is 5.73. The van der Waals surface area contributed by atoms with Crippen molar-refractivity contribution in [2.45, 2.75) is 18.4 Å². The molecule has 1 aromatic rings. The number of imide groups is 1. The van der Waals surface area contributed by atoms with E-state index < -0.39 is 11.6 Å². The van der Waals surface area contributed by atoms with Gasteiger partial charge < -0.3 is 15.0 Å². The Morgan fingerprint density at radius 1 is 1.25 bits per heavy atom. The van der Waals surface area contributed by atoms with E-state index in [-0.39, 0.29) is 18.4 Å². The van der Waals surface area contributed by atoms with E-state index in [1.165, 1.54) is 6.07 Å². The van der Waals surface area contributed by atoms with Crippen molar-refractivity contribution in [3.63, 3.8) is 0 Å². The summed E-state index contributed by atoms with van der Waals surface area (Å²) < 4.78 is 5.43. The Balaban J connectivity index is 1.54.